The van der Waals surface area contributed by atoms with Crippen LogP contribution in [0.1, 0.15) is 172 Å². The Bertz CT molecular complexity index is 2850. The normalized spacial score (nSPS) is 46.0. The average molecular weight is 1180 g/mol. The monoisotopic (exact) mass is 1170 g/mol. The van der Waals surface area contributed by atoms with Crippen molar-refractivity contribution in [1.29, 1.82) is 0 Å². The Morgan fingerprint density at radius 1 is 0.795 bits per heavy atom. The number of fused-ring (bicyclic) bond motifs is 10. The molecule has 1 spiro atoms. The summed E-state index contributed by atoms with van der Waals surface area (Å²) in [6.07, 6.45) is 12.7. The molecule has 422 valence electrons. The van der Waals surface area contributed by atoms with E-state index in [0.29, 0.717) is 49.4 Å². The van der Waals surface area contributed by atoms with Gasteiger partial charge in [0.05, 0.1) is 36.1 Å². The van der Waals surface area contributed by atoms with E-state index in [1.54, 1.807) is 6.92 Å². The molecule has 4 saturated heterocycles. The number of hydrogen-bond donors (Lipinski definition) is 1. The van der Waals surface area contributed by atoms with Crippen LogP contribution in [0, 0.1) is 74.9 Å². The van der Waals surface area contributed by atoms with Gasteiger partial charge in [-0.3, -0.25) is 12.5 Å². The minimum Gasteiger partial charge on any atom is -0.726 e. The molecule has 0 aromatic carbocycles. The van der Waals surface area contributed by atoms with Gasteiger partial charge in [0.2, 0.25) is 31.2 Å². The predicted octanol–water partition coefficient (Wildman–Crippen LogP) is 0.0154. The van der Waals surface area contributed by atoms with Crippen LogP contribution in [-0.2, 0) is 58.0 Å². The second-order valence-electron chi connectivity index (χ2n) is 27.4. The number of rotatable bonds is 12. The molecule has 2 unspecified atom stereocenters. The molecular formula is C56H81Na3O16S3. The van der Waals surface area contributed by atoms with E-state index < -0.39 is 83.6 Å². The molecule has 4 aliphatic heterocycles. The van der Waals surface area contributed by atoms with E-state index in [4.69, 9.17) is 26.8 Å². The van der Waals surface area contributed by atoms with E-state index in [1.165, 1.54) is 22.3 Å². The molecule has 16 nitrogen and oxygen atoms in total. The van der Waals surface area contributed by atoms with Gasteiger partial charge in [-0.25, -0.2) is 25.3 Å². The van der Waals surface area contributed by atoms with Crippen molar-refractivity contribution in [3.63, 3.8) is 0 Å². The van der Waals surface area contributed by atoms with Crippen molar-refractivity contribution in [2.75, 3.05) is 6.61 Å². The van der Waals surface area contributed by atoms with Gasteiger partial charge in [-0.05, 0) is 168 Å². The standard InChI is InChI=1S/C56H84O16S3.3Na/c1-30(37-14-16-41-36-26-45(69-73(58,59)60)48-33(4)56(57)24-23-55(48,29-67-56)43(36)20-22-51(37,41)7)11-18-47-54(10)27-34(50(5,6)72-54)25-44(68-47)31(2)38-15-17-40-35-12-13-39-32(3)49(71-75(64,65)66)46(70-74(61,62)63)28-53(39,9)42(35)19-21-52(38,40)8;;;/h13,16,30-34,37-38,40,44-49,57H,11-12,14-15,17-29H2,1-10H3,(H,58,59,60)(H,61,62,63)(H,64,65,66);;;/q;3*+1/p-3/t30-,31+,32-,33+,34+,37-,38-,40?,44-,45+,46+,47+,48?,49-,51-,52-,53+,54+,55+,56+;;;/m1.../s1. The fraction of sp³-hybridized carbons (Fsp3) is 0.857. The number of aliphatic hydroxyl groups is 1. The van der Waals surface area contributed by atoms with Crippen LogP contribution in [-0.4, -0.2) is 98.1 Å². The maximum absolute atomic E-state index is 12.3. The van der Waals surface area contributed by atoms with Gasteiger partial charge < -0.3 is 33.0 Å². The van der Waals surface area contributed by atoms with E-state index in [2.05, 4.69) is 60.6 Å². The zero-order valence-corrected chi connectivity index (χ0v) is 57.0. The summed E-state index contributed by atoms with van der Waals surface area (Å²) in [5.74, 6) is -0.942. The molecule has 7 fully saturated rings. The van der Waals surface area contributed by atoms with Crippen LogP contribution >= 0.6 is 0 Å². The van der Waals surface area contributed by atoms with Gasteiger partial charge in [0, 0.05) is 41.4 Å². The summed E-state index contributed by atoms with van der Waals surface area (Å²) in [4.78, 5) is 0. The molecule has 78 heavy (non-hydrogen) atoms. The maximum atomic E-state index is 12.3. The third kappa shape index (κ3) is 10.8. The quantitative estimate of drug-likeness (QED) is 0.117. The molecular weight excluding hydrogens is 1090 g/mol. The van der Waals surface area contributed by atoms with Crippen molar-refractivity contribution in [1.82, 2.24) is 0 Å². The summed E-state index contributed by atoms with van der Waals surface area (Å²) < 4.78 is 145. The van der Waals surface area contributed by atoms with Crippen LogP contribution in [0.15, 0.2) is 45.6 Å². The Labute approximate surface area is 531 Å². The van der Waals surface area contributed by atoms with E-state index in [0.717, 1.165) is 81.8 Å². The largest absolute Gasteiger partial charge is 1.00 e. The van der Waals surface area contributed by atoms with Crippen LogP contribution in [0.4, 0.5) is 0 Å². The smallest absolute Gasteiger partial charge is 0.726 e. The molecule has 0 aromatic heterocycles. The van der Waals surface area contributed by atoms with Crippen molar-refractivity contribution < 1.29 is 159 Å². The summed E-state index contributed by atoms with van der Waals surface area (Å²) in [5, 5.41) is 11.4. The third-order valence-electron chi connectivity index (χ3n) is 23.5. The summed E-state index contributed by atoms with van der Waals surface area (Å²) in [5.41, 5.74) is 4.97. The first-order chi connectivity index (χ1) is 34.7. The molecule has 3 saturated carbocycles. The fourth-order valence-corrected chi connectivity index (χ4v) is 21.6. The summed E-state index contributed by atoms with van der Waals surface area (Å²) in [6, 6.07) is 0. The molecule has 22 heteroatoms. The Balaban J connectivity index is 0.00000268. The first-order valence-corrected chi connectivity index (χ1v) is 32.2. The van der Waals surface area contributed by atoms with E-state index in [-0.39, 0.29) is 148 Å². The molecule has 4 bridgehead atoms. The zero-order valence-electron chi connectivity index (χ0n) is 48.6. The van der Waals surface area contributed by atoms with Crippen molar-refractivity contribution in [3.8, 4) is 0 Å². The number of hydrogen-bond acceptors (Lipinski definition) is 16. The second-order valence-corrected chi connectivity index (χ2v) is 30.4. The Kier molecular flexibility index (Phi) is 18.4. The van der Waals surface area contributed by atoms with Crippen molar-refractivity contribution >= 4 is 31.2 Å². The van der Waals surface area contributed by atoms with Crippen LogP contribution < -0.4 is 88.7 Å². The molecule has 0 amide bonds. The van der Waals surface area contributed by atoms with Gasteiger partial charge in [0.15, 0.2) is 5.79 Å². The molecule has 12 aliphatic rings. The molecule has 8 aliphatic carbocycles. The van der Waals surface area contributed by atoms with Gasteiger partial charge in [0.25, 0.3) is 0 Å². The van der Waals surface area contributed by atoms with Crippen molar-refractivity contribution in [3.05, 3.63) is 45.6 Å². The van der Waals surface area contributed by atoms with Crippen LogP contribution in [0.5, 0.6) is 0 Å². The van der Waals surface area contributed by atoms with Crippen LogP contribution in [0.25, 0.3) is 0 Å². The predicted molar refractivity (Wildman–Crippen MR) is 272 cm³/mol. The minimum absolute atomic E-state index is 0. The van der Waals surface area contributed by atoms with E-state index in [1.807, 2.05) is 13.8 Å². The number of allylic oxidation sites excluding steroid dienone is 5. The van der Waals surface area contributed by atoms with Crippen LogP contribution in [0.2, 0.25) is 0 Å². The molecule has 0 aromatic rings. The molecule has 0 radical (unpaired) electrons. The molecule has 12 rings (SSSR count). The van der Waals surface area contributed by atoms with Gasteiger partial charge in [0.1, 0.15) is 12.2 Å². The van der Waals surface area contributed by atoms with Gasteiger partial charge in [-0.2, -0.15) is 0 Å². The third-order valence-corrected chi connectivity index (χ3v) is 24.9. The SMILES string of the molecule is C[C@@H]([C@H]1CCC2C3=C(CC[C@@]21C)[C@@]1(C)C[C@H](OS(=O)(=O)[O-])[C@H](OS(=O)(=O)[O-])[C@H](C)C1=CC3)[C@H]1C[C@H]2C[C@](C)(OC2(C)C)[C@H](CC[C@@H](C)[C@H]2CC=C3C4=C(CC[C@@]32C)[C@]23CC[C@](O)(OC2)[C@@H](C)C3[C@@H](OS(=O)(=O)[O-])C4)O1.[Na+].[Na+].[Na+]. The average Bonchev–Trinajstić information content (AvgIpc) is 3.94. The minimum atomic E-state index is -5.26. The van der Waals surface area contributed by atoms with Gasteiger partial charge in [-0.1, -0.05) is 82.9 Å². The fourth-order valence-electron chi connectivity index (χ4n) is 20.0. The molecule has 1 N–H and O–H groups in total. The molecule has 20 atom stereocenters. The van der Waals surface area contributed by atoms with E-state index in [9.17, 15) is 44.0 Å². The first-order valence-electron chi connectivity index (χ1n) is 28.2. The van der Waals surface area contributed by atoms with Crippen molar-refractivity contribution in [2.24, 2.45) is 74.9 Å². The topological polar surface area (TPSA) is 247 Å². The first kappa shape index (κ1) is 65.4. The number of ether oxygens (including phenoxy) is 3. The van der Waals surface area contributed by atoms with E-state index >= 15 is 0 Å². The molecule has 4 heterocycles. The van der Waals surface area contributed by atoms with Gasteiger partial charge in [-0.15, -0.1) is 0 Å². The zero-order chi connectivity index (χ0) is 54.2. The second kappa shape index (κ2) is 21.9. The Hall–Kier alpha value is 1.41. The Morgan fingerprint density at radius 3 is 2.09 bits per heavy atom. The maximum Gasteiger partial charge on any atom is 1.00 e. The summed E-state index contributed by atoms with van der Waals surface area (Å²) in [7, 11) is -15.5. The summed E-state index contributed by atoms with van der Waals surface area (Å²) in [6.45, 7) is 22.3. The van der Waals surface area contributed by atoms with Gasteiger partial charge >= 0.3 is 88.7 Å². The Morgan fingerprint density at radius 2 is 1.45 bits per heavy atom. The summed E-state index contributed by atoms with van der Waals surface area (Å²) >= 11 is 0. The van der Waals surface area contributed by atoms with Crippen molar-refractivity contribution in [2.45, 2.75) is 219 Å². The van der Waals surface area contributed by atoms with Crippen LogP contribution in [0.3, 0.4) is 0 Å².